The van der Waals surface area contributed by atoms with Gasteiger partial charge in [-0.05, 0) is 67.8 Å². The molecule has 0 bridgehead atoms. The van der Waals surface area contributed by atoms with Gasteiger partial charge in [-0.3, -0.25) is 14.8 Å². The van der Waals surface area contributed by atoms with Gasteiger partial charge in [0.25, 0.3) is 5.91 Å². The number of likely N-dealkylation sites (tertiary alicyclic amines) is 1. The Labute approximate surface area is 196 Å². The molecule has 2 aromatic carbocycles. The Morgan fingerprint density at radius 1 is 0.970 bits per heavy atom. The Balaban J connectivity index is 1.56. The molecule has 0 radical (unpaired) electrons. The van der Waals surface area contributed by atoms with E-state index in [2.05, 4.69) is 15.3 Å². The van der Waals surface area contributed by atoms with Gasteiger partial charge < -0.3 is 10.2 Å². The van der Waals surface area contributed by atoms with Crippen LogP contribution in [0.4, 0.5) is 11.5 Å². The molecule has 1 aliphatic rings. The predicted molar refractivity (Wildman–Crippen MR) is 126 cm³/mol. The number of piperidine rings is 1. The van der Waals surface area contributed by atoms with E-state index in [0.717, 1.165) is 37.2 Å². The molecule has 3 aromatic rings. The molecule has 4 rings (SSSR count). The molecule has 0 aliphatic carbocycles. The third kappa shape index (κ3) is 5.85. The summed E-state index contributed by atoms with van der Waals surface area (Å²) < 4.78 is 0. The van der Waals surface area contributed by atoms with Crippen molar-refractivity contribution in [3.63, 3.8) is 0 Å². The molecule has 170 valence electrons. The first-order chi connectivity index (χ1) is 16.0. The second-order valence-corrected chi connectivity index (χ2v) is 8.28. The highest BCUT2D eigenvalue weighted by Crippen LogP contribution is 2.23. The maximum Gasteiger partial charge on any atom is 0.253 e. The molecule has 0 spiro atoms. The minimum absolute atomic E-state index is 0.0469. The van der Waals surface area contributed by atoms with Crippen LogP contribution in [0.5, 0.6) is 0 Å². The van der Waals surface area contributed by atoms with E-state index in [1.807, 2.05) is 17.0 Å². The van der Waals surface area contributed by atoms with Gasteiger partial charge in [-0.2, -0.15) is 0 Å². The lowest BCUT2D eigenvalue weighted by atomic mass is 10.1. The van der Waals surface area contributed by atoms with Crippen molar-refractivity contribution in [1.82, 2.24) is 20.3 Å². The highest BCUT2D eigenvalue weighted by molar-refractivity contribution is 6.30. The maximum atomic E-state index is 12.7. The van der Waals surface area contributed by atoms with Crippen molar-refractivity contribution in [3.8, 4) is 11.4 Å². The van der Waals surface area contributed by atoms with Gasteiger partial charge in [0, 0.05) is 41.0 Å². The Bertz CT molecular complexity index is 1130. The van der Waals surface area contributed by atoms with Crippen molar-refractivity contribution >= 4 is 34.9 Å². The van der Waals surface area contributed by atoms with Gasteiger partial charge >= 0.3 is 0 Å². The van der Waals surface area contributed by atoms with Gasteiger partial charge in [0.05, 0.1) is 12.1 Å². The van der Waals surface area contributed by atoms with E-state index < -0.39 is 5.91 Å². The lowest BCUT2D eigenvalue weighted by molar-refractivity contribution is -0.128. The van der Waals surface area contributed by atoms with E-state index in [0.29, 0.717) is 27.9 Å². The number of hydrogen-bond acceptors (Lipinski definition) is 6. The molecule has 0 unspecified atom stereocenters. The van der Waals surface area contributed by atoms with Crippen LogP contribution in [0, 0.1) is 0 Å². The van der Waals surface area contributed by atoms with E-state index in [1.165, 1.54) is 6.42 Å². The number of hydrogen-bond donors (Lipinski definition) is 3. The fraction of sp³-hybridized carbons (Fsp3) is 0.250. The number of rotatable bonds is 6. The van der Waals surface area contributed by atoms with E-state index in [9.17, 15) is 9.59 Å². The summed E-state index contributed by atoms with van der Waals surface area (Å²) >= 11 is 5.98. The Kier molecular flexibility index (Phi) is 7.16. The summed E-state index contributed by atoms with van der Waals surface area (Å²) in [5.41, 5.74) is 4.17. The first kappa shape index (κ1) is 22.7. The second-order valence-electron chi connectivity index (χ2n) is 7.84. The Hall–Kier alpha value is -3.49. The summed E-state index contributed by atoms with van der Waals surface area (Å²) in [6.45, 7) is 1.61. The first-order valence-corrected chi connectivity index (χ1v) is 11.1. The summed E-state index contributed by atoms with van der Waals surface area (Å²) in [7, 11) is 0. The maximum absolute atomic E-state index is 12.7. The van der Waals surface area contributed by atoms with Crippen LogP contribution in [0.25, 0.3) is 11.4 Å². The number of nitrogens with zero attached hydrogens (tertiary/aromatic N) is 3. The number of aromatic nitrogens is 2. The second kappa shape index (κ2) is 10.4. The topological polar surface area (TPSA) is 107 Å². The summed E-state index contributed by atoms with van der Waals surface area (Å²) in [6, 6.07) is 15.9. The standard InChI is InChI=1S/C24H24ClN5O3/c25-18-8-4-16(5-9-18)23-27-20(15-22(31)29-33)14-21(28-23)26-19-10-6-17(7-11-19)24(32)30-12-2-1-3-13-30/h4-11,14,33H,1-3,12-13,15H2,(H,29,31)(H,26,27,28). The molecule has 0 atom stereocenters. The van der Waals surface area contributed by atoms with Gasteiger partial charge in [-0.1, -0.05) is 11.6 Å². The van der Waals surface area contributed by atoms with Gasteiger partial charge in [0.15, 0.2) is 5.82 Å². The van der Waals surface area contributed by atoms with E-state index in [1.54, 1.807) is 47.9 Å². The van der Waals surface area contributed by atoms with Crippen LogP contribution in [0.2, 0.25) is 5.02 Å². The van der Waals surface area contributed by atoms with Gasteiger partial charge in [-0.15, -0.1) is 0 Å². The smallest absolute Gasteiger partial charge is 0.253 e. The molecule has 2 heterocycles. The molecule has 8 nitrogen and oxygen atoms in total. The highest BCUT2D eigenvalue weighted by atomic mass is 35.5. The molecule has 1 aromatic heterocycles. The number of benzene rings is 2. The quantitative estimate of drug-likeness (QED) is 0.371. The van der Waals surface area contributed by atoms with Crippen molar-refractivity contribution in [2.75, 3.05) is 18.4 Å². The fourth-order valence-electron chi connectivity index (χ4n) is 3.71. The van der Waals surface area contributed by atoms with Crippen molar-refractivity contribution < 1.29 is 14.8 Å². The number of carbonyl (C=O) groups is 2. The first-order valence-electron chi connectivity index (χ1n) is 10.7. The van der Waals surface area contributed by atoms with Crippen LogP contribution in [-0.4, -0.2) is 45.0 Å². The van der Waals surface area contributed by atoms with Crippen molar-refractivity contribution in [1.29, 1.82) is 0 Å². The normalized spacial score (nSPS) is 13.5. The minimum atomic E-state index is -0.581. The number of nitrogens with one attached hydrogen (secondary N) is 2. The number of halogens is 1. The molecule has 3 N–H and O–H groups in total. The van der Waals surface area contributed by atoms with Gasteiger partial charge in [0.1, 0.15) is 5.82 Å². The average Bonchev–Trinajstić information content (AvgIpc) is 2.85. The molecule has 33 heavy (non-hydrogen) atoms. The molecule has 1 saturated heterocycles. The zero-order valence-corrected chi connectivity index (χ0v) is 18.7. The van der Waals surface area contributed by atoms with Crippen LogP contribution in [0.1, 0.15) is 35.3 Å². The molecular formula is C24H24ClN5O3. The minimum Gasteiger partial charge on any atom is -0.340 e. The lowest BCUT2D eigenvalue weighted by Crippen LogP contribution is -2.35. The lowest BCUT2D eigenvalue weighted by Gasteiger charge is -2.26. The van der Waals surface area contributed by atoms with Gasteiger partial charge in [0.2, 0.25) is 5.91 Å². The molecular weight excluding hydrogens is 442 g/mol. The summed E-state index contributed by atoms with van der Waals surface area (Å²) in [4.78, 5) is 35.3. The van der Waals surface area contributed by atoms with E-state index in [4.69, 9.17) is 16.8 Å². The van der Waals surface area contributed by atoms with Crippen LogP contribution in [-0.2, 0) is 11.2 Å². The van der Waals surface area contributed by atoms with E-state index >= 15 is 0 Å². The molecule has 2 amide bonds. The zero-order chi connectivity index (χ0) is 23.2. The molecule has 1 fully saturated rings. The number of amides is 2. The monoisotopic (exact) mass is 465 g/mol. The summed E-state index contributed by atoms with van der Waals surface area (Å²) in [6.07, 6.45) is 3.15. The van der Waals surface area contributed by atoms with Crippen LogP contribution < -0.4 is 10.8 Å². The SMILES string of the molecule is O=C(Cc1cc(Nc2ccc(C(=O)N3CCCCC3)cc2)nc(-c2ccc(Cl)cc2)n1)NO. The van der Waals surface area contributed by atoms with Crippen LogP contribution in [0.15, 0.2) is 54.6 Å². The fourth-order valence-corrected chi connectivity index (χ4v) is 3.83. The third-order valence-corrected chi connectivity index (χ3v) is 5.65. The van der Waals surface area contributed by atoms with Crippen molar-refractivity contribution in [2.24, 2.45) is 0 Å². The van der Waals surface area contributed by atoms with E-state index in [-0.39, 0.29) is 12.3 Å². The molecule has 1 aliphatic heterocycles. The number of carbonyl (C=O) groups excluding carboxylic acids is 2. The van der Waals surface area contributed by atoms with Crippen molar-refractivity contribution in [3.05, 3.63) is 70.9 Å². The predicted octanol–water partition coefficient (Wildman–Crippen LogP) is 4.21. The van der Waals surface area contributed by atoms with Crippen LogP contribution in [0.3, 0.4) is 0 Å². The zero-order valence-electron chi connectivity index (χ0n) is 17.9. The summed E-state index contributed by atoms with van der Waals surface area (Å²) in [5, 5.41) is 12.7. The number of hydroxylamine groups is 1. The van der Waals surface area contributed by atoms with Crippen molar-refractivity contribution in [2.45, 2.75) is 25.7 Å². The largest absolute Gasteiger partial charge is 0.340 e. The molecule has 0 saturated carbocycles. The Morgan fingerprint density at radius 3 is 2.33 bits per heavy atom. The van der Waals surface area contributed by atoms with Gasteiger partial charge in [-0.25, -0.2) is 15.4 Å². The Morgan fingerprint density at radius 2 is 1.67 bits per heavy atom. The third-order valence-electron chi connectivity index (χ3n) is 5.40. The molecule has 9 heteroatoms. The average molecular weight is 466 g/mol. The van der Waals surface area contributed by atoms with Crippen LogP contribution >= 0.6 is 11.6 Å². The number of anilines is 2. The highest BCUT2D eigenvalue weighted by Gasteiger charge is 2.18. The summed E-state index contributed by atoms with van der Waals surface area (Å²) in [5.74, 6) is 0.355.